The molecule has 112 valence electrons. The Hall–Kier alpha value is -1.66. The summed E-state index contributed by atoms with van der Waals surface area (Å²) in [6, 6.07) is 8.13. The Balaban J connectivity index is 2.47. The van der Waals surface area contributed by atoms with Gasteiger partial charge in [-0.2, -0.15) is 0 Å². The first-order valence-corrected chi connectivity index (χ1v) is 8.87. The Labute approximate surface area is 128 Å². The van der Waals surface area contributed by atoms with E-state index in [1.165, 1.54) is 30.4 Å². The molecule has 0 aliphatic rings. The average Bonchev–Trinajstić information content (AvgIpc) is 2.75. The van der Waals surface area contributed by atoms with Crippen LogP contribution in [0.4, 0.5) is 5.00 Å². The summed E-state index contributed by atoms with van der Waals surface area (Å²) in [6.45, 7) is 5.29. The molecule has 0 spiro atoms. The van der Waals surface area contributed by atoms with Gasteiger partial charge in [0.1, 0.15) is 5.00 Å². The predicted molar refractivity (Wildman–Crippen MR) is 85.7 cm³/mol. The van der Waals surface area contributed by atoms with Crippen molar-refractivity contribution in [3.05, 3.63) is 46.3 Å². The topological polar surface area (TPSA) is 63.2 Å². The number of nitrogens with one attached hydrogen (secondary N) is 1. The van der Waals surface area contributed by atoms with Crippen LogP contribution in [-0.4, -0.2) is 14.2 Å². The van der Waals surface area contributed by atoms with Crippen LogP contribution < -0.4 is 4.72 Å². The molecule has 0 amide bonds. The molecule has 1 heterocycles. The summed E-state index contributed by atoms with van der Waals surface area (Å²) >= 11 is 1.32. The summed E-state index contributed by atoms with van der Waals surface area (Å²) in [5.74, 6) is -0.130. The normalized spacial score (nSPS) is 11.4. The fourth-order valence-corrected chi connectivity index (χ4v) is 4.69. The summed E-state index contributed by atoms with van der Waals surface area (Å²) in [6.07, 6.45) is 0.768. The summed E-state index contributed by atoms with van der Waals surface area (Å²) in [5, 5.41) is 0.403. The van der Waals surface area contributed by atoms with E-state index in [2.05, 4.69) is 4.72 Å². The van der Waals surface area contributed by atoms with Gasteiger partial charge >= 0.3 is 0 Å². The number of benzene rings is 1. The molecule has 2 aromatic rings. The van der Waals surface area contributed by atoms with Gasteiger partial charge in [0.2, 0.25) is 0 Å². The molecule has 0 atom stereocenters. The number of ketones is 1. The Morgan fingerprint density at radius 2 is 1.86 bits per heavy atom. The molecule has 0 unspecified atom stereocenters. The molecule has 0 radical (unpaired) electrons. The minimum atomic E-state index is -3.67. The highest BCUT2D eigenvalue weighted by molar-refractivity contribution is 7.93. The van der Waals surface area contributed by atoms with Crippen LogP contribution in [0, 0.1) is 6.92 Å². The fourth-order valence-electron chi connectivity index (χ4n) is 2.17. The van der Waals surface area contributed by atoms with Gasteiger partial charge < -0.3 is 0 Å². The van der Waals surface area contributed by atoms with Crippen molar-refractivity contribution < 1.29 is 13.2 Å². The largest absolute Gasteiger partial charge is 0.294 e. The standard InChI is InChI=1S/C15H17NO3S2/c1-4-13-10(2)14(11(3)17)15(20-13)16-21(18,19)12-8-6-5-7-9-12/h5-9,16H,4H2,1-3H3. The van der Waals surface area contributed by atoms with Gasteiger partial charge in [0.25, 0.3) is 10.0 Å². The van der Waals surface area contributed by atoms with Crippen LogP contribution in [0.2, 0.25) is 0 Å². The third-order valence-electron chi connectivity index (χ3n) is 3.20. The van der Waals surface area contributed by atoms with Gasteiger partial charge in [-0.05, 0) is 38.0 Å². The zero-order chi connectivity index (χ0) is 15.6. The third kappa shape index (κ3) is 3.16. The molecule has 4 nitrogen and oxygen atoms in total. The molecular weight excluding hydrogens is 306 g/mol. The van der Waals surface area contributed by atoms with E-state index in [9.17, 15) is 13.2 Å². The number of aryl methyl sites for hydroxylation is 1. The van der Waals surface area contributed by atoms with E-state index in [0.29, 0.717) is 10.6 Å². The van der Waals surface area contributed by atoms with Gasteiger partial charge in [-0.15, -0.1) is 11.3 Å². The van der Waals surface area contributed by atoms with Crippen molar-refractivity contribution >= 4 is 32.1 Å². The van der Waals surface area contributed by atoms with Gasteiger partial charge in [-0.3, -0.25) is 9.52 Å². The maximum atomic E-state index is 12.4. The lowest BCUT2D eigenvalue weighted by molar-refractivity contribution is 0.101. The van der Waals surface area contributed by atoms with E-state index in [1.807, 2.05) is 13.8 Å². The fraction of sp³-hybridized carbons (Fsp3) is 0.267. The molecular formula is C15H17NO3S2. The van der Waals surface area contributed by atoms with Crippen molar-refractivity contribution in [1.82, 2.24) is 0 Å². The second kappa shape index (κ2) is 5.99. The van der Waals surface area contributed by atoms with E-state index >= 15 is 0 Å². The highest BCUT2D eigenvalue weighted by Crippen LogP contribution is 2.35. The summed E-state index contributed by atoms with van der Waals surface area (Å²) < 4.78 is 27.3. The molecule has 1 aromatic heterocycles. The Morgan fingerprint density at radius 1 is 1.24 bits per heavy atom. The summed E-state index contributed by atoms with van der Waals surface area (Å²) in [5.41, 5.74) is 1.33. The van der Waals surface area contributed by atoms with Crippen LogP contribution in [0.5, 0.6) is 0 Å². The SMILES string of the molecule is CCc1sc(NS(=O)(=O)c2ccccc2)c(C(C)=O)c1C. The number of thiophene rings is 1. The summed E-state index contributed by atoms with van der Waals surface area (Å²) in [4.78, 5) is 13.0. The number of anilines is 1. The van der Waals surface area contributed by atoms with Gasteiger partial charge in [-0.25, -0.2) is 8.42 Å². The molecule has 0 aliphatic carbocycles. The molecule has 0 aliphatic heterocycles. The highest BCUT2D eigenvalue weighted by atomic mass is 32.2. The Kier molecular flexibility index (Phi) is 4.49. The molecule has 6 heteroatoms. The second-order valence-corrected chi connectivity index (χ2v) is 7.47. The van der Waals surface area contributed by atoms with Gasteiger partial charge in [0.05, 0.1) is 10.5 Å². The first-order valence-electron chi connectivity index (χ1n) is 6.58. The first-order chi connectivity index (χ1) is 9.86. The quantitative estimate of drug-likeness (QED) is 0.855. The molecule has 0 saturated carbocycles. The zero-order valence-corrected chi connectivity index (χ0v) is 13.8. The van der Waals surface area contributed by atoms with Crippen LogP contribution in [0.15, 0.2) is 35.2 Å². The van der Waals surface area contributed by atoms with E-state index in [4.69, 9.17) is 0 Å². The van der Waals surface area contributed by atoms with Crippen molar-refractivity contribution in [2.45, 2.75) is 32.1 Å². The molecule has 21 heavy (non-hydrogen) atoms. The number of rotatable bonds is 5. The number of Topliss-reactive ketones (excluding diaryl/α,β-unsaturated/α-hetero) is 1. The molecule has 0 saturated heterocycles. The second-order valence-electron chi connectivity index (χ2n) is 4.68. The number of sulfonamides is 1. The average molecular weight is 323 g/mol. The maximum Gasteiger partial charge on any atom is 0.262 e. The van der Waals surface area contributed by atoms with Crippen LogP contribution >= 0.6 is 11.3 Å². The van der Waals surface area contributed by atoms with Crippen LogP contribution in [0.1, 0.15) is 34.6 Å². The monoisotopic (exact) mass is 323 g/mol. The van der Waals surface area contributed by atoms with Gasteiger partial charge in [-0.1, -0.05) is 25.1 Å². The lowest BCUT2D eigenvalue weighted by Crippen LogP contribution is -2.13. The molecule has 2 rings (SSSR count). The van der Waals surface area contributed by atoms with E-state index in [-0.39, 0.29) is 10.7 Å². The zero-order valence-electron chi connectivity index (χ0n) is 12.1. The van der Waals surface area contributed by atoms with Crippen molar-refractivity contribution in [2.24, 2.45) is 0 Å². The minimum Gasteiger partial charge on any atom is -0.294 e. The number of hydrogen-bond donors (Lipinski definition) is 1. The lowest BCUT2D eigenvalue weighted by atomic mass is 10.1. The van der Waals surface area contributed by atoms with E-state index < -0.39 is 10.0 Å². The number of hydrogen-bond acceptors (Lipinski definition) is 4. The van der Waals surface area contributed by atoms with E-state index in [0.717, 1.165) is 16.9 Å². The molecule has 0 bridgehead atoms. The smallest absolute Gasteiger partial charge is 0.262 e. The van der Waals surface area contributed by atoms with Crippen LogP contribution in [0.3, 0.4) is 0 Å². The van der Waals surface area contributed by atoms with Crippen molar-refractivity contribution in [3.63, 3.8) is 0 Å². The third-order valence-corrected chi connectivity index (χ3v) is 6.05. The number of carbonyl (C=O) groups excluding carboxylic acids is 1. The molecule has 1 N–H and O–H groups in total. The van der Waals surface area contributed by atoms with E-state index in [1.54, 1.807) is 18.2 Å². The van der Waals surface area contributed by atoms with Crippen molar-refractivity contribution in [2.75, 3.05) is 4.72 Å². The molecule has 0 fully saturated rings. The Bertz CT molecular complexity index is 762. The highest BCUT2D eigenvalue weighted by Gasteiger charge is 2.22. The van der Waals surface area contributed by atoms with Crippen molar-refractivity contribution in [3.8, 4) is 0 Å². The van der Waals surface area contributed by atoms with Gasteiger partial charge in [0.15, 0.2) is 5.78 Å². The first kappa shape index (κ1) is 15.7. The van der Waals surface area contributed by atoms with Crippen molar-refractivity contribution in [1.29, 1.82) is 0 Å². The summed E-state index contributed by atoms with van der Waals surface area (Å²) in [7, 11) is -3.67. The van der Waals surface area contributed by atoms with Gasteiger partial charge in [0, 0.05) is 4.88 Å². The predicted octanol–water partition coefficient (Wildman–Crippen LogP) is 3.62. The maximum absolute atomic E-state index is 12.4. The van der Waals surface area contributed by atoms with Crippen LogP contribution in [-0.2, 0) is 16.4 Å². The van der Waals surface area contributed by atoms with Crippen LogP contribution in [0.25, 0.3) is 0 Å². The molecule has 1 aromatic carbocycles. The lowest BCUT2D eigenvalue weighted by Gasteiger charge is -2.07. The minimum absolute atomic E-state index is 0.130. The number of carbonyl (C=O) groups is 1. The Morgan fingerprint density at radius 3 is 2.38 bits per heavy atom.